The van der Waals surface area contributed by atoms with Gasteiger partial charge in [-0.05, 0) is 72.5 Å². The molecule has 130 valence electrons. The van der Waals surface area contributed by atoms with Gasteiger partial charge in [-0.1, -0.05) is 0 Å². The lowest BCUT2D eigenvalue weighted by atomic mass is 10.0. The third kappa shape index (κ3) is 3.03. The summed E-state index contributed by atoms with van der Waals surface area (Å²) in [5, 5.41) is 20.1. The summed E-state index contributed by atoms with van der Waals surface area (Å²) < 4.78 is 10.2. The number of ether oxygens (including phenoxy) is 2. The highest BCUT2D eigenvalue weighted by Gasteiger charge is 2.17. The quantitative estimate of drug-likeness (QED) is 0.680. The van der Waals surface area contributed by atoms with Crippen LogP contribution in [0.1, 0.15) is 11.1 Å². The smallest absolute Gasteiger partial charge is 0.160 e. The van der Waals surface area contributed by atoms with Crippen LogP contribution in [0.25, 0.3) is 20.9 Å². The molecule has 0 radical (unpaired) electrons. The average molecular weight is 356 g/mol. The van der Waals surface area contributed by atoms with Crippen LogP contribution in [0.4, 0.5) is 0 Å². The minimum absolute atomic E-state index is 0.120. The molecule has 1 aromatic heterocycles. The Morgan fingerprint density at radius 2 is 1.12 bits per heavy atom. The topological polar surface area (TPSA) is 58.9 Å². The Morgan fingerprint density at radius 3 is 1.44 bits per heavy atom. The van der Waals surface area contributed by atoms with E-state index in [0.29, 0.717) is 11.5 Å². The summed E-state index contributed by atoms with van der Waals surface area (Å²) in [6.45, 7) is 4.13. The van der Waals surface area contributed by atoms with Crippen LogP contribution in [0.2, 0.25) is 0 Å². The Bertz CT molecular complexity index is 854. The third-order valence-corrected chi connectivity index (χ3v) is 5.82. The molecule has 5 heteroatoms. The van der Waals surface area contributed by atoms with Gasteiger partial charge in [0, 0.05) is 9.75 Å². The summed E-state index contributed by atoms with van der Waals surface area (Å²) in [4.78, 5) is 2.17. The first-order chi connectivity index (χ1) is 12.0. The van der Waals surface area contributed by atoms with E-state index in [4.69, 9.17) is 9.47 Å². The van der Waals surface area contributed by atoms with E-state index < -0.39 is 0 Å². The lowest BCUT2D eigenvalue weighted by Gasteiger charge is -2.06. The van der Waals surface area contributed by atoms with Gasteiger partial charge in [-0.25, -0.2) is 0 Å². The molecule has 0 aliphatic heterocycles. The monoisotopic (exact) mass is 356 g/mol. The molecule has 0 aliphatic rings. The second-order valence-electron chi connectivity index (χ2n) is 5.78. The van der Waals surface area contributed by atoms with Crippen molar-refractivity contribution in [1.29, 1.82) is 0 Å². The number of phenols is 2. The Balaban J connectivity index is 2.09. The van der Waals surface area contributed by atoms with Crippen LogP contribution < -0.4 is 9.47 Å². The maximum Gasteiger partial charge on any atom is 0.160 e. The first-order valence-corrected chi connectivity index (χ1v) is 8.62. The molecule has 0 saturated heterocycles. The van der Waals surface area contributed by atoms with E-state index in [0.717, 1.165) is 32.0 Å². The SMILES string of the molecule is COc1ccc(-c2sc(-c3ccc(OC)c(O)c3)c(C)c2C)cc1O. The van der Waals surface area contributed by atoms with Crippen molar-refractivity contribution in [2.24, 2.45) is 0 Å². The minimum atomic E-state index is 0.120. The van der Waals surface area contributed by atoms with Crippen molar-refractivity contribution in [1.82, 2.24) is 0 Å². The Hall–Kier alpha value is -2.66. The summed E-state index contributed by atoms with van der Waals surface area (Å²) in [6.07, 6.45) is 0. The van der Waals surface area contributed by atoms with E-state index >= 15 is 0 Å². The molecular weight excluding hydrogens is 336 g/mol. The molecule has 0 spiro atoms. The zero-order valence-electron chi connectivity index (χ0n) is 14.6. The molecule has 0 bridgehead atoms. The largest absolute Gasteiger partial charge is 0.504 e. The molecule has 0 fully saturated rings. The fourth-order valence-electron chi connectivity index (χ4n) is 2.81. The second-order valence-corrected chi connectivity index (χ2v) is 6.80. The Morgan fingerprint density at radius 1 is 0.720 bits per heavy atom. The van der Waals surface area contributed by atoms with E-state index in [2.05, 4.69) is 13.8 Å². The van der Waals surface area contributed by atoms with Crippen LogP contribution in [0.15, 0.2) is 36.4 Å². The molecule has 2 aromatic carbocycles. The average Bonchev–Trinajstić information content (AvgIpc) is 2.90. The Kier molecular flexibility index (Phi) is 4.59. The molecule has 0 aliphatic carbocycles. The van der Waals surface area contributed by atoms with Gasteiger partial charge in [-0.15, -0.1) is 11.3 Å². The highest BCUT2D eigenvalue weighted by Crippen LogP contribution is 2.44. The third-order valence-electron chi connectivity index (χ3n) is 4.33. The number of thiophene rings is 1. The van der Waals surface area contributed by atoms with Gasteiger partial charge in [0.05, 0.1) is 14.2 Å². The molecule has 4 nitrogen and oxygen atoms in total. The van der Waals surface area contributed by atoms with Gasteiger partial charge >= 0.3 is 0 Å². The lowest BCUT2D eigenvalue weighted by molar-refractivity contribution is 0.373. The van der Waals surface area contributed by atoms with Crippen molar-refractivity contribution in [3.05, 3.63) is 47.5 Å². The van der Waals surface area contributed by atoms with Crippen LogP contribution in [0.3, 0.4) is 0 Å². The molecular formula is C20H20O4S. The second kappa shape index (κ2) is 6.69. The van der Waals surface area contributed by atoms with Gasteiger partial charge in [-0.2, -0.15) is 0 Å². The maximum atomic E-state index is 10.1. The molecule has 0 saturated carbocycles. The summed E-state index contributed by atoms with van der Waals surface area (Å²) in [5.74, 6) is 1.15. The van der Waals surface area contributed by atoms with Crippen LogP contribution in [-0.2, 0) is 0 Å². The van der Waals surface area contributed by atoms with Gasteiger partial charge in [0.1, 0.15) is 0 Å². The molecule has 3 rings (SSSR count). The molecule has 2 N–H and O–H groups in total. The minimum Gasteiger partial charge on any atom is -0.504 e. The number of rotatable bonds is 4. The van der Waals surface area contributed by atoms with E-state index in [-0.39, 0.29) is 11.5 Å². The summed E-state index contributed by atoms with van der Waals surface area (Å²) in [5.41, 5.74) is 4.18. The summed E-state index contributed by atoms with van der Waals surface area (Å²) in [7, 11) is 3.06. The van der Waals surface area contributed by atoms with Crippen LogP contribution in [0, 0.1) is 13.8 Å². The predicted molar refractivity (Wildman–Crippen MR) is 101 cm³/mol. The summed E-state index contributed by atoms with van der Waals surface area (Å²) in [6, 6.07) is 10.8. The standard InChI is InChI=1S/C20H20O4S/c1-11-12(2)20(14-6-8-18(24-4)16(22)10-14)25-19(11)13-5-7-17(23-3)15(21)9-13/h5-10,21-22H,1-4H3. The molecule has 0 atom stereocenters. The molecule has 1 heterocycles. The first-order valence-electron chi connectivity index (χ1n) is 7.81. The fraction of sp³-hybridized carbons (Fsp3) is 0.200. The highest BCUT2D eigenvalue weighted by molar-refractivity contribution is 7.19. The molecule has 0 amide bonds. The number of phenolic OH excluding ortho intramolecular Hbond substituents is 2. The number of methoxy groups -OCH3 is 2. The van der Waals surface area contributed by atoms with E-state index in [1.165, 1.54) is 14.2 Å². The van der Waals surface area contributed by atoms with Gasteiger partial charge in [0.25, 0.3) is 0 Å². The number of hydrogen-bond donors (Lipinski definition) is 2. The van der Waals surface area contributed by atoms with Crippen molar-refractivity contribution in [3.63, 3.8) is 0 Å². The van der Waals surface area contributed by atoms with Crippen molar-refractivity contribution < 1.29 is 19.7 Å². The van der Waals surface area contributed by atoms with Crippen molar-refractivity contribution >= 4 is 11.3 Å². The van der Waals surface area contributed by atoms with Gasteiger partial charge in [0.2, 0.25) is 0 Å². The zero-order valence-corrected chi connectivity index (χ0v) is 15.4. The van der Waals surface area contributed by atoms with E-state index in [9.17, 15) is 10.2 Å². The van der Waals surface area contributed by atoms with E-state index in [1.807, 2.05) is 12.1 Å². The van der Waals surface area contributed by atoms with E-state index in [1.54, 1.807) is 35.6 Å². The number of hydrogen-bond acceptors (Lipinski definition) is 5. The maximum absolute atomic E-state index is 10.1. The normalized spacial score (nSPS) is 10.7. The van der Waals surface area contributed by atoms with Crippen LogP contribution >= 0.6 is 11.3 Å². The van der Waals surface area contributed by atoms with Gasteiger partial charge in [-0.3, -0.25) is 0 Å². The Labute approximate surface area is 150 Å². The van der Waals surface area contributed by atoms with Gasteiger partial charge < -0.3 is 19.7 Å². The molecule has 3 aromatic rings. The molecule has 0 unspecified atom stereocenters. The lowest BCUT2D eigenvalue weighted by Crippen LogP contribution is -1.85. The predicted octanol–water partition coefficient (Wildman–Crippen LogP) is 5.13. The fourth-order valence-corrected chi connectivity index (χ4v) is 4.12. The summed E-state index contributed by atoms with van der Waals surface area (Å²) >= 11 is 1.63. The first kappa shape index (κ1) is 17.2. The van der Waals surface area contributed by atoms with Gasteiger partial charge in [0.15, 0.2) is 23.0 Å². The zero-order chi connectivity index (χ0) is 18.1. The van der Waals surface area contributed by atoms with Crippen molar-refractivity contribution in [2.75, 3.05) is 14.2 Å². The van der Waals surface area contributed by atoms with Crippen molar-refractivity contribution in [3.8, 4) is 43.9 Å². The molecule has 25 heavy (non-hydrogen) atoms. The van der Waals surface area contributed by atoms with Crippen molar-refractivity contribution in [2.45, 2.75) is 13.8 Å². The van der Waals surface area contributed by atoms with Crippen LogP contribution in [-0.4, -0.2) is 24.4 Å². The number of benzene rings is 2. The van der Waals surface area contributed by atoms with Crippen LogP contribution in [0.5, 0.6) is 23.0 Å². The highest BCUT2D eigenvalue weighted by atomic mass is 32.1. The number of aromatic hydroxyl groups is 2.